The van der Waals surface area contributed by atoms with E-state index in [9.17, 15) is 9.59 Å². The highest BCUT2D eigenvalue weighted by molar-refractivity contribution is 6.32. The number of carbonyl (C=O) groups is 2. The summed E-state index contributed by atoms with van der Waals surface area (Å²) in [4.78, 5) is 28.1. The number of H-pyrrole nitrogens is 1. The third kappa shape index (κ3) is 4.25. The summed E-state index contributed by atoms with van der Waals surface area (Å²) < 4.78 is 15.6. The van der Waals surface area contributed by atoms with Crippen LogP contribution in [0.5, 0.6) is 11.5 Å². The van der Waals surface area contributed by atoms with Gasteiger partial charge in [0.05, 0.1) is 48.8 Å². The number of aromatic amines is 1. The summed E-state index contributed by atoms with van der Waals surface area (Å²) in [6.07, 6.45) is 0. The van der Waals surface area contributed by atoms with Crippen LogP contribution in [0.1, 0.15) is 46.0 Å². The minimum absolute atomic E-state index is 0.204. The predicted octanol–water partition coefficient (Wildman–Crippen LogP) is 4.16. The van der Waals surface area contributed by atoms with Gasteiger partial charge in [-0.1, -0.05) is 11.6 Å². The van der Waals surface area contributed by atoms with Crippen molar-refractivity contribution in [2.24, 2.45) is 0 Å². The number of anilines is 1. The Bertz CT molecular complexity index is 891. The topological polar surface area (TPSA) is 89.7 Å². The van der Waals surface area contributed by atoms with Gasteiger partial charge in [0.15, 0.2) is 0 Å². The van der Waals surface area contributed by atoms with Gasteiger partial charge in [-0.3, -0.25) is 4.79 Å². The highest BCUT2D eigenvalue weighted by Crippen LogP contribution is 2.36. The molecule has 2 aromatic rings. The van der Waals surface area contributed by atoms with Gasteiger partial charge >= 0.3 is 5.97 Å². The molecule has 0 aliphatic heterocycles. The van der Waals surface area contributed by atoms with E-state index in [0.717, 1.165) is 0 Å². The van der Waals surface area contributed by atoms with Crippen molar-refractivity contribution in [2.45, 2.75) is 33.7 Å². The Labute approximate surface area is 169 Å². The molecular weight excluding hydrogens is 384 g/mol. The second kappa shape index (κ2) is 9.01. The number of methoxy groups -OCH3 is 2. The van der Waals surface area contributed by atoms with Gasteiger partial charge in [-0.05, 0) is 39.3 Å². The van der Waals surface area contributed by atoms with Crippen LogP contribution in [0.4, 0.5) is 5.69 Å². The minimum atomic E-state index is -0.606. The number of ketones is 1. The number of carbonyl (C=O) groups excluding carboxylic acids is 2. The molecular formula is C20H25ClN2O5. The van der Waals surface area contributed by atoms with E-state index in [0.29, 0.717) is 44.7 Å². The number of rotatable bonds is 8. The number of aromatic nitrogens is 1. The molecule has 2 rings (SSSR count). The number of halogens is 1. The van der Waals surface area contributed by atoms with E-state index in [1.807, 2.05) is 0 Å². The van der Waals surface area contributed by atoms with Gasteiger partial charge in [-0.2, -0.15) is 0 Å². The zero-order valence-electron chi connectivity index (χ0n) is 16.9. The molecule has 2 N–H and O–H groups in total. The highest BCUT2D eigenvalue weighted by Gasteiger charge is 2.26. The van der Waals surface area contributed by atoms with Gasteiger partial charge < -0.3 is 24.5 Å². The smallest absolute Gasteiger partial charge is 0.340 e. The van der Waals surface area contributed by atoms with Crippen LogP contribution in [-0.2, 0) is 4.74 Å². The summed E-state index contributed by atoms with van der Waals surface area (Å²) in [5.41, 5.74) is 2.47. The molecule has 0 aliphatic carbocycles. The quantitative estimate of drug-likeness (QED) is 0.503. The van der Waals surface area contributed by atoms with Crippen LogP contribution < -0.4 is 14.8 Å². The molecule has 0 fully saturated rings. The Morgan fingerprint density at radius 3 is 2.39 bits per heavy atom. The molecule has 0 saturated carbocycles. The Kier molecular flexibility index (Phi) is 6.96. The molecule has 0 amide bonds. The maximum Gasteiger partial charge on any atom is 0.340 e. The first-order valence-corrected chi connectivity index (χ1v) is 9.21. The fourth-order valence-electron chi connectivity index (χ4n) is 2.99. The molecule has 1 aromatic carbocycles. The second-order valence-corrected chi connectivity index (χ2v) is 6.67. The molecule has 8 heteroatoms. The molecule has 1 atom stereocenters. The fraction of sp³-hybridized carbons (Fsp3) is 0.400. The zero-order valence-corrected chi connectivity index (χ0v) is 17.6. The normalized spacial score (nSPS) is 11.7. The van der Waals surface area contributed by atoms with E-state index in [1.54, 1.807) is 39.8 Å². The Balaban J connectivity index is 2.30. The number of benzene rings is 1. The summed E-state index contributed by atoms with van der Waals surface area (Å²) in [7, 11) is 3.03. The van der Waals surface area contributed by atoms with Gasteiger partial charge in [0.2, 0.25) is 5.78 Å². The van der Waals surface area contributed by atoms with Crippen LogP contribution in [0, 0.1) is 13.8 Å². The first kappa shape index (κ1) is 21.6. The highest BCUT2D eigenvalue weighted by atomic mass is 35.5. The summed E-state index contributed by atoms with van der Waals surface area (Å²) in [6, 6.07) is 2.68. The van der Waals surface area contributed by atoms with Gasteiger partial charge in [-0.15, -0.1) is 0 Å². The lowest BCUT2D eigenvalue weighted by Gasteiger charge is -2.18. The van der Waals surface area contributed by atoms with Crippen molar-refractivity contribution in [2.75, 3.05) is 26.1 Å². The molecule has 1 heterocycles. The average molecular weight is 409 g/mol. The van der Waals surface area contributed by atoms with E-state index < -0.39 is 12.0 Å². The number of esters is 1. The number of Topliss-reactive ketones (excluding diaryl/α,β-unsaturated/α-hetero) is 1. The van der Waals surface area contributed by atoms with Crippen LogP contribution in [0.25, 0.3) is 0 Å². The summed E-state index contributed by atoms with van der Waals surface area (Å²) in [6.45, 7) is 7.18. The lowest BCUT2D eigenvalue weighted by molar-refractivity contribution is 0.0525. The SMILES string of the molecule is CCOC(=O)c1c(C)[nH]c(C(=O)[C@@H](C)Nc2cc(Cl)c(OC)cc2OC)c1C. The molecule has 0 aliphatic rings. The largest absolute Gasteiger partial charge is 0.495 e. The maximum atomic E-state index is 13.0. The third-order valence-electron chi connectivity index (χ3n) is 4.40. The fourth-order valence-corrected chi connectivity index (χ4v) is 3.23. The standard InChI is InChI=1S/C20H25ClN2O5/c1-7-28-20(25)17-10(2)18(23-11(17)3)19(24)12(4)22-14-8-13(21)15(26-5)9-16(14)27-6/h8-9,12,22-23H,7H2,1-6H3/t12-/m1/s1. The molecule has 1 aromatic heterocycles. The molecule has 28 heavy (non-hydrogen) atoms. The summed E-state index contributed by atoms with van der Waals surface area (Å²) in [5.74, 6) is 0.313. The van der Waals surface area contributed by atoms with Crippen LogP contribution >= 0.6 is 11.6 Å². The molecule has 0 bridgehead atoms. The van der Waals surface area contributed by atoms with E-state index >= 15 is 0 Å². The number of aryl methyl sites for hydroxylation is 1. The van der Waals surface area contributed by atoms with E-state index in [4.69, 9.17) is 25.8 Å². The lowest BCUT2D eigenvalue weighted by atomic mass is 10.0. The first-order chi connectivity index (χ1) is 13.2. The molecule has 7 nitrogen and oxygen atoms in total. The molecule has 152 valence electrons. The van der Waals surface area contributed by atoms with E-state index in [2.05, 4.69) is 10.3 Å². The Morgan fingerprint density at radius 1 is 1.18 bits per heavy atom. The second-order valence-electron chi connectivity index (χ2n) is 6.26. The van der Waals surface area contributed by atoms with Crippen molar-refractivity contribution in [3.05, 3.63) is 39.7 Å². The van der Waals surface area contributed by atoms with Gasteiger partial charge in [0.1, 0.15) is 11.5 Å². The van der Waals surface area contributed by atoms with Crippen LogP contribution in [0.15, 0.2) is 12.1 Å². The zero-order chi connectivity index (χ0) is 21.0. The first-order valence-electron chi connectivity index (χ1n) is 8.83. The van der Waals surface area contributed by atoms with Crippen molar-refractivity contribution in [3.63, 3.8) is 0 Å². The van der Waals surface area contributed by atoms with Crippen molar-refractivity contribution in [1.29, 1.82) is 0 Å². The predicted molar refractivity (Wildman–Crippen MR) is 108 cm³/mol. The molecule has 0 saturated heterocycles. The van der Waals surface area contributed by atoms with E-state index in [1.165, 1.54) is 14.2 Å². The van der Waals surface area contributed by atoms with E-state index in [-0.39, 0.29) is 12.4 Å². The average Bonchev–Trinajstić information content (AvgIpc) is 2.95. The van der Waals surface area contributed by atoms with Crippen LogP contribution in [-0.4, -0.2) is 43.6 Å². The minimum Gasteiger partial charge on any atom is -0.495 e. The molecule has 0 unspecified atom stereocenters. The van der Waals surface area contributed by atoms with Crippen molar-refractivity contribution in [1.82, 2.24) is 4.98 Å². The van der Waals surface area contributed by atoms with Crippen molar-refractivity contribution < 1.29 is 23.8 Å². The monoisotopic (exact) mass is 408 g/mol. The van der Waals surface area contributed by atoms with Crippen LogP contribution in [0.3, 0.4) is 0 Å². The summed E-state index contributed by atoms with van der Waals surface area (Å²) >= 11 is 6.19. The Morgan fingerprint density at radius 2 is 1.82 bits per heavy atom. The maximum absolute atomic E-state index is 13.0. The van der Waals surface area contributed by atoms with Gasteiger partial charge in [0, 0.05) is 11.8 Å². The molecule has 0 radical (unpaired) electrons. The van der Waals surface area contributed by atoms with Gasteiger partial charge in [-0.25, -0.2) is 4.79 Å². The van der Waals surface area contributed by atoms with Crippen molar-refractivity contribution in [3.8, 4) is 11.5 Å². The van der Waals surface area contributed by atoms with Gasteiger partial charge in [0.25, 0.3) is 0 Å². The number of ether oxygens (including phenoxy) is 3. The third-order valence-corrected chi connectivity index (χ3v) is 4.70. The number of hydrogen-bond acceptors (Lipinski definition) is 6. The van der Waals surface area contributed by atoms with Crippen LogP contribution in [0.2, 0.25) is 5.02 Å². The Hall–Kier alpha value is -2.67. The summed E-state index contributed by atoms with van der Waals surface area (Å²) in [5, 5.41) is 3.50. The van der Waals surface area contributed by atoms with Crippen molar-refractivity contribution >= 4 is 29.0 Å². The number of nitrogens with one attached hydrogen (secondary N) is 2. The number of hydrogen-bond donors (Lipinski definition) is 2. The molecule has 0 spiro atoms. The lowest BCUT2D eigenvalue weighted by Crippen LogP contribution is -2.27.